The van der Waals surface area contributed by atoms with E-state index in [-0.39, 0.29) is 29.9 Å². The van der Waals surface area contributed by atoms with Crippen molar-refractivity contribution in [2.45, 2.75) is 39.5 Å². The lowest BCUT2D eigenvalue weighted by Gasteiger charge is -2.21. The minimum absolute atomic E-state index is 0. The molecule has 8 nitrogen and oxygen atoms in total. The van der Waals surface area contributed by atoms with Crippen LogP contribution in [0.15, 0.2) is 23.3 Å². The van der Waals surface area contributed by atoms with Gasteiger partial charge in [-0.1, -0.05) is 6.07 Å². The van der Waals surface area contributed by atoms with E-state index >= 15 is 0 Å². The van der Waals surface area contributed by atoms with E-state index in [4.69, 9.17) is 9.47 Å². The maximum Gasteiger partial charge on any atom is 0.227 e. The Morgan fingerprint density at radius 1 is 1.30 bits per heavy atom. The molecule has 0 aliphatic carbocycles. The van der Waals surface area contributed by atoms with E-state index in [0.717, 1.165) is 57.2 Å². The average Bonchev–Trinajstić information content (AvgIpc) is 2.73. The molecular formula is C21H36IN5O3. The molecule has 0 atom stereocenters. The molecule has 2 heterocycles. The number of pyridine rings is 1. The number of nitrogens with zero attached hydrogens (tertiary/aromatic N) is 2. The summed E-state index contributed by atoms with van der Waals surface area (Å²) in [6.07, 6.45) is 5.14. The predicted molar refractivity (Wildman–Crippen MR) is 131 cm³/mol. The van der Waals surface area contributed by atoms with Gasteiger partial charge in [-0.3, -0.25) is 9.79 Å². The first kappa shape index (κ1) is 26.6. The topological polar surface area (TPSA) is 96.9 Å². The van der Waals surface area contributed by atoms with Crippen LogP contribution in [0.2, 0.25) is 0 Å². The van der Waals surface area contributed by atoms with Crippen LogP contribution in [0.5, 0.6) is 0 Å². The molecule has 1 aliphatic rings. The van der Waals surface area contributed by atoms with Gasteiger partial charge in [-0.15, -0.1) is 24.0 Å². The number of aliphatic imine (C=N–C) groups is 1. The second-order valence-electron chi connectivity index (χ2n) is 7.19. The molecule has 3 N–H and O–H groups in total. The third-order valence-corrected chi connectivity index (χ3v) is 4.58. The molecule has 30 heavy (non-hydrogen) atoms. The smallest absolute Gasteiger partial charge is 0.227 e. The third-order valence-electron chi connectivity index (χ3n) is 4.58. The number of aromatic nitrogens is 1. The Balaban J connectivity index is 0.00000450. The molecule has 1 saturated heterocycles. The van der Waals surface area contributed by atoms with Gasteiger partial charge in [0.1, 0.15) is 5.82 Å². The van der Waals surface area contributed by atoms with Crippen molar-refractivity contribution in [3.05, 3.63) is 23.9 Å². The monoisotopic (exact) mass is 533 g/mol. The first-order chi connectivity index (χ1) is 14.2. The van der Waals surface area contributed by atoms with Crippen LogP contribution in [-0.2, 0) is 14.3 Å². The molecule has 0 aromatic carbocycles. The Kier molecular flexibility index (Phi) is 14.4. The van der Waals surface area contributed by atoms with Crippen molar-refractivity contribution in [3.63, 3.8) is 0 Å². The number of ether oxygens (including phenoxy) is 2. The highest BCUT2D eigenvalue weighted by Gasteiger charge is 2.13. The fourth-order valence-corrected chi connectivity index (χ4v) is 2.90. The normalized spacial score (nSPS) is 14.7. The van der Waals surface area contributed by atoms with Gasteiger partial charge in [-0.2, -0.15) is 0 Å². The molecule has 1 aromatic rings. The molecule has 0 radical (unpaired) electrons. The largest absolute Gasteiger partial charge is 0.381 e. The number of hydrogen-bond acceptors (Lipinski definition) is 5. The van der Waals surface area contributed by atoms with Crippen LogP contribution >= 0.6 is 24.0 Å². The maximum absolute atomic E-state index is 12.0. The predicted octanol–water partition coefficient (Wildman–Crippen LogP) is 2.73. The van der Waals surface area contributed by atoms with Crippen molar-refractivity contribution < 1.29 is 14.3 Å². The van der Waals surface area contributed by atoms with Crippen LogP contribution in [0, 0.1) is 12.8 Å². The SMILES string of the molecule is CCNC(=NCCCOCC1CCOCC1)NCCC(=O)Nc1ccc(C)cn1.I. The van der Waals surface area contributed by atoms with Crippen molar-refractivity contribution in [2.75, 3.05) is 51.4 Å². The highest BCUT2D eigenvalue weighted by Crippen LogP contribution is 2.14. The van der Waals surface area contributed by atoms with Gasteiger partial charge in [0, 0.05) is 58.7 Å². The van der Waals surface area contributed by atoms with Crippen LogP contribution in [0.3, 0.4) is 0 Å². The zero-order chi connectivity index (χ0) is 20.7. The minimum Gasteiger partial charge on any atom is -0.381 e. The lowest BCUT2D eigenvalue weighted by atomic mass is 10.0. The molecule has 1 amide bonds. The van der Waals surface area contributed by atoms with Crippen LogP contribution in [0.4, 0.5) is 5.82 Å². The molecule has 2 rings (SSSR count). The number of amides is 1. The Bertz CT molecular complexity index is 622. The van der Waals surface area contributed by atoms with Crippen molar-refractivity contribution >= 4 is 41.7 Å². The Hall–Kier alpha value is -1.46. The van der Waals surface area contributed by atoms with Crippen LogP contribution < -0.4 is 16.0 Å². The lowest BCUT2D eigenvalue weighted by molar-refractivity contribution is -0.116. The van der Waals surface area contributed by atoms with Crippen LogP contribution in [0.1, 0.15) is 38.2 Å². The summed E-state index contributed by atoms with van der Waals surface area (Å²) in [6, 6.07) is 3.72. The highest BCUT2D eigenvalue weighted by atomic mass is 127. The summed E-state index contributed by atoms with van der Waals surface area (Å²) in [4.78, 5) is 20.7. The summed E-state index contributed by atoms with van der Waals surface area (Å²) in [5.74, 6) is 1.85. The summed E-state index contributed by atoms with van der Waals surface area (Å²) in [7, 11) is 0. The van der Waals surface area contributed by atoms with E-state index in [9.17, 15) is 4.79 Å². The average molecular weight is 533 g/mol. The number of carbonyl (C=O) groups is 1. The first-order valence-electron chi connectivity index (χ1n) is 10.6. The summed E-state index contributed by atoms with van der Waals surface area (Å²) in [5, 5.41) is 9.18. The molecule has 0 unspecified atom stereocenters. The van der Waals surface area contributed by atoms with E-state index in [0.29, 0.717) is 37.9 Å². The van der Waals surface area contributed by atoms with Crippen molar-refractivity contribution in [1.29, 1.82) is 0 Å². The molecule has 1 fully saturated rings. The lowest BCUT2D eigenvalue weighted by Crippen LogP contribution is -2.38. The fourth-order valence-electron chi connectivity index (χ4n) is 2.90. The summed E-state index contributed by atoms with van der Waals surface area (Å²) in [6.45, 7) is 9.18. The summed E-state index contributed by atoms with van der Waals surface area (Å²) >= 11 is 0. The van der Waals surface area contributed by atoms with Gasteiger partial charge in [0.2, 0.25) is 5.91 Å². The second kappa shape index (κ2) is 16.3. The molecule has 1 aliphatic heterocycles. The van der Waals surface area contributed by atoms with E-state index in [1.807, 2.05) is 19.9 Å². The third kappa shape index (κ3) is 11.7. The van der Waals surface area contributed by atoms with Crippen molar-refractivity contribution in [1.82, 2.24) is 15.6 Å². The van der Waals surface area contributed by atoms with E-state index in [1.165, 1.54) is 0 Å². The Morgan fingerprint density at radius 3 is 2.80 bits per heavy atom. The van der Waals surface area contributed by atoms with E-state index in [2.05, 4.69) is 25.9 Å². The fraction of sp³-hybridized carbons (Fsp3) is 0.667. The zero-order valence-corrected chi connectivity index (χ0v) is 20.4. The number of anilines is 1. The van der Waals surface area contributed by atoms with Gasteiger partial charge >= 0.3 is 0 Å². The van der Waals surface area contributed by atoms with Crippen LogP contribution in [-0.4, -0.2) is 62.9 Å². The zero-order valence-electron chi connectivity index (χ0n) is 18.1. The number of nitrogens with one attached hydrogen (secondary N) is 3. The van der Waals surface area contributed by atoms with Gasteiger partial charge in [0.05, 0.1) is 0 Å². The van der Waals surface area contributed by atoms with E-state index in [1.54, 1.807) is 12.3 Å². The summed E-state index contributed by atoms with van der Waals surface area (Å²) in [5.41, 5.74) is 1.06. The highest BCUT2D eigenvalue weighted by molar-refractivity contribution is 14.0. The van der Waals surface area contributed by atoms with Gasteiger partial charge in [0.25, 0.3) is 0 Å². The molecule has 0 bridgehead atoms. The number of rotatable bonds is 11. The van der Waals surface area contributed by atoms with Crippen molar-refractivity contribution in [2.24, 2.45) is 10.9 Å². The molecule has 0 saturated carbocycles. The summed E-state index contributed by atoms with van der Waals surface area (Å²) < 4.78 is 11.1. The Labute approximate surface area is 197 Å². The molecule has 1 aromatic heterocycles. The van der Waals surface area contributed by atoms with Gasteiger partial charge in [0.15, 0.2) is 5.96 Å². The van der Waals surface area contributed by atoms with Crippen molar-refractivity contribution in [3.8, 4) is 0 Å². The molecular weight excluding hydrogens is 497 g/mol. The molecule has 170 valence electrons. The second-order valence-corrected chi connectivity index (χ2v) is 7.19. The van der Waals surface area contributed by atoms with Crippen LogP contribution in [0.25, 0.3) is 0 Å². The minimum atomic E-state index is -0.0776. The number of guanidine groups is 1. The van der Waals surface area contributed by atoms with Gasteiger partial charge < -0.3 is 25.4 Å². The maximum atomic E-state index is 12.0. The van der Waals surface area contributed by atoms with Gasteiger partial charge in [-0.05, 0) is 50.7 Å². The van der Waals surface area contributed by atoms with E-state index < -0.39 is 0 Å². The number of aryl methyl sites for hydroxylation is 1. The number of carbonyl (C=O) groups excluding carboxylic acids is 1. The van der Waals surface area contributed by atoms with Gasteiger partial charge in [-0.25, -0.2) is 4.98 Å². The number of hydrogen-bond donors (Lipinski definition) is 3. The Morgan fingerprint density at radius 2 is 2.10 bits per heavy atom. The number of halogens is 1. The molecule has 9 heteroatoms. The quantitative estimate of drug-likeness (QED) is 0.175. The standard InChI is InChI=1S/C21H35N5O3.HI/c1-3-22-21(23-10-4-12-29-16-18-8-13-28-14-9-18)24-11-7-20(27)26-19-6-5-17(2)15-25-19;/h5-6,15,18H,3-4,7-14,16H2,1-2H3,(H2,22,23,24)(H,25,26,27);1H. The first-order valence-corrected chi connectivity index (χ1v) is 10.6. The molecule has 0 spiro atoms.